The van der Waals surface area contributed by atoms with Crippen LogP contribution in [-0.4, -0.2) is 25.7 Å². The molecule has 0 amide bonds. The lowest BCUT2D eigenvalue weighted by atomic mass is 9.78. The summed E-state index contributed by atoms with van der Waals surface area (Å²) in [6, 6.07) is 5.17. The molecule has 120 valence electrons. The van der Waals surface area contributed by atoms with Gasteiger partial charge in [-0.1, -0.05) is 31.4 Å². The molecule has 2 saturated carbocycles. The van der Waals surface area contributed by atoms with Crippen molar-refractivity contribution in [1.29, 1.82) is 0 Å². The van der Waals surface area contributed by atoms with E-state index in [1.807, 2.05) is 6.07 Å². The third-order valence-electron chi connectivity index (χ3n) is 5.15. The highest BCUT2D eigenvalue weighted by molar-refractivity contribution is 7.90. The van der Waals surface area contributed by atoms with Crippen molar-refractivity contribution in [3.05, 3.63) is 29.3 Å². The predicted molar refractivity (Wildman–Crippen MR) is 83.9 cm³/mol. The molecule has 0 aromatic heterocycles. The normalized spacial score (nSPS) is 21.5. The van der Waals surface area contributed by atoms with Crippen molar-refractivity contribution in [2.75, 3.05) is 6.26 Å². The highest BCUT2D eigenvalue weighted by atomic mass is 32.2. The van der Waals surface area contributed by atoms with Gasteiger partial charge < -0.3 is 5.11 Å². The van der Waals surface area contributed by atoms with Crippen LogP contribution in [0.4, 0.5) is 0 Å². The van der Waals surface area contributed by atoms with Crippen LogP contribution in [-0.2, 0) is 20.0 Å². The minimum absolute atomic E-state index is 0.173. The first-order valence-electron chi connectivity index (χ1n) is 7.93. The summed E-state index contributed by atoms with van der Waals surface area (Å²) in [5.41, 5.74) is 0.687. The van der Waals surface area contributed by atoms with Crippen LogP contribution >= 0.6 is 0 Å². The van der Waals surface area contributed by atoms with Crippen LogP contribution in [0.5, 0.6) is 0 Å². The maximum Gasteiger partial charge on any atom is 0.314 e. The van der Waals surface area contributed by atoms with Crippen LogP contribution in [0.1, 0.15) is 62.0 Å². The van der Waals surface area contributed by atoms with Crippen molar-refractivity contribution in [3.63, 3.8) is 0 Å². The summed E-state index contributed by atoms with van der Waals surface area (Å²) in [6.45, 7) is 0. The number of sulfone groups is 1. The lowest BCUT2D eigenvalue weighted by Crippen LogP contribution is -2.24. The fourth-order valence-corrected chi connectivity index (χ4v) is 4.82. The van der Waals surface area contributed by atoms with Gasteiger partial charge in [-0.3, -0.25) is 4.79 Å². The summed E-state index contributed by atoms with van der Waals surface area (Å²) in [4.78, 5) is 12.1. The number of carboxylic acid groups (broad SMARTS) is 1. The number of aliphatic carboxylic acids is 1. The number of rotatable bonds is 4. The van der Waals surface area contributed by atoms with E-state index < -0.39 is 21.2 Å². The first kappa shape index (κ1) is 15.5. The lowest BCUT2D eigenvalue weighted by Gasteiger charge is -2.28. The van der Waals surface area contributed by atoms with Crippen molar-refractivity contribution in [2.24, 2.45) is 0 Å². The van der Waals surface area contributed by atoms with Gasteiger partial charge in [0.25, 0.3) is 0 Å². The summed E-state index contributed by atoms with van der Waals surface area (Å²) in [6.07, 6.45) is 7.69. The molecule has 0 heterocycles. The second kappa shape index (κ2) is 5.37. The Balaban J connectivity index is 2.20. The molecule has 2 aliphatic carbocycles. The molecule has 2 fully saturated rings. The molecule has 1 aromatic rings. The molecular formula is C17H22O4S. The van der Waals surface area contributed by atoms with Gasteiger partial charge in [0.05, 0.1) is 10.3 Å². The van der Waals surface area contributed by atoms with E-state index in [4.69, 9.17) is 0 Å². The van der Waals surface area contributed by atoms with E-state index in [0.29, 0.717) is 17.7 Å². The summed E-state index contributed by atoms with van der Waals surface area (Å²) in [5, 5.41) is 9.62. The van der Waals surface area contributed by atoms with Gasteiger partial charge in [-0.05, 0) is 48.8 Å². The Morgan fingerprint density at radius 2 is 1.82 bits per heavy atom. The van der Waals surface area contributed by atoms with Crippen molar-refractivity contribution >= 4 is 15.8 Å². The van der Waals surface area contributed by atoms with Gasteiger partial charge in [0.1, 0.15) is 0 Å². The molecule has 22 heavy (non-hydrogen) atoms. The van der Waals surface area contributed by atoms with E-state index in [1.54, 1.807) is 12.1 Å². The fraction of sp³-hybridized carbons (Fsp3) is 0.588. The van der Waals surface area contributed by atoms with Crippen molar-refractivity contribution in [3.8, 4) is 0 Å². The number of carboxylic acids is 1. The maximum absolute atomic E-state index is 12.2. The number of hydrogen-bond acceptors (Lipinski definition) is 3. The summed E-state index contributed by atoms with van der Waals surface area (Å²) in [7, 11) is -3.36. The Morgan fingerprint density at radius 3 is 2.32 bits per heavy atom. The standard InChI is InChI=1S/C17H22O4S/c1-22(20,21)14-9-5-8-13(17(10-11-17)16(18)19)15(14)12-6-3-2-4-7-12/h5,8-9,12H,2-4,6-7,10-11H2,1H3,(H,18,19). The van der Waals surface area contributed by atoms with Crippen LogP contribution in [0, 0.1) is 0 Å². The Hall–Kier alpha value is -1.36. The van der Waals surface area contributed by atoms with Crippen LogP contribution in [0.2, 0.25) is 0 Å². The van der Waals surface area contributed by atoms with Gasteiger partial charge >= 0.3 is 5.97 Å². The minimum atomic E-state index is -3.36. The first-order chi connectivity index (χ1) is 10.4. The molecule has 5 heteroatoms. The predicted octanol–water partition coefficient (Wildman–Crippen LogP) is 3.25. The second-order valence-electron chi connectivity index (χ2n) is 6.71. The zero-order valence-corrected chi connectivity index (χ0v) is 13.7. The summed E-state index contributed by atoms with van der Waals surface area (Å²) in [5.74, 6) is -0.651. The summed E-state index contributed by atoms with van der Waals surface area (Å²) >= 11 is 0. The van der Waals surface area contributed by atoms with Crippen LogP contribution in [0.15, 0.2) is 23.1 Å². The van der Waals surface area contributed by atoms with Crippen LogP contribution in [0.3, 0.4) is 0 Å². The van der Waals surface area contributed by atoms with Crippen LogP contribution in [0.25, 0.3) is 0 Å². The van der Waals surface area contributed by atoms with Gasteiger partial charge in [-0.25, -0.2) is 8.42 Å². The third kappa shape index (κ3) is 2.56. The average Bonchev–Trinajstić information content (AvgIpc) is 3.28. The van der Waals surface area contributed by atoms with Crippen molar-refractivity contribution in [1.82, 2.24) is 0 Å². The Bertz CT molecular complexity index is 695. The topological polar surface area (TPSA) is 71.4 Å². The quantitative estimate of drug-likeness (QED) is 0.923. The van der Waals surface area contributed by atoms with E-state index >= 15 is 0 Å². The van der Waals surface area contributed by atoms with E-state index in [0.717, 1.165) is 36.8 Å². The Kier molecular flexibility index (Phi) is 3.79. The first-order valence-corrected chi connectivity index (χ1v) is 9.82. The lowest BCUT2D eigenvalue weighted by molar-refractivity contribution is -0.140. The number of carbonyl (C=O) groups is 1. The molecule has 3 rings (SSSR count). The molecule has 0 atom stereocenters. The number of hydrogen-bond donors (Lipinski definition) is 1. The molecule has 1 aromatic carbocycles. The van der Waals surface area contributed by atoms with E-state index in [9.17, 15) is 18.3 Å². The van der Waals surface area contributed by atoms with Gasteiger partial charge in [0.2, 0.25) is 0 Å². The largest absolute Gasteiger partial charge is 0.481 e. The maximum atomic E-state index is 12.2. The molecule has 0 radical (unpaired) electrons. The van der Waals surface area contributed by atoms with Gasteiger partial charge in [0, 0.05) is 6.26 Å². The van der Waals surface area contributed by atoms with E-state index in [2.05, 4.69) is 0 Å². The van der Waals surface area contributed by atoms with Gasteiger partial charge in [0.15, 0.2) is 9.84 Å². The highest BCUT2D eigenvalue weighted by Gasteiger charge is 2.53. The third-order valence-corrected chi connectivity index (χ3v) is 6.31. The molecule has 4 nitrogen and oxygen atoms in total. The number of benzene rings is 1. The smallest absolute Gasteiger partial charge is 0.314 e. The van der Waals surface area contributed by atoms with Gasteiger partial charge in [-0.2, -0.15) is 0 Å². The van der Waals surface area contributed by atoms with Crippen molar-refractivity contribution in [2.45, 2.75) is 61.2 Å². The zero-order chi connectivity index (χ0) is 16.0. The minimum Gasteiger partial charge on any atom is -0.481 e. The molecule has 0 saturated heterocycles. The molecule has 1 N–H and O–H groups in total. The fourth-order valence-electron chi connectivity index (χ4n) is 3.82. The van der Waals surface area contributed by atoms with E-state index in [-0.39, 0.29) is 5.92 Å². The van der Waals surface area contributed by atoms with Gasteiger partial charge in [-0.15, -0.1) is 0 Å². The summed E-state index contributed by atoms with van der Waals surface area (Å²) < 4.78 is 24.4. The molecule has 0 unspecified atom stereocenters. The molecule has 2 aliphatic rings. The van der Waals surface area contributed by atoms with Crippen LogP contribution < -0.4 is 0 Å². The van der Waals surface area contributed by atoms with Crippen molar-refractivity contribution < 1.29 is 18.3 Å². The second-order valence-corrected chi connectivity index (χ2v) is 8.70. The zero-order valence-electron chi connectivity index (χ0n) is 12.8. The molecule has 0 spiro atoms. The molecular weight excluding hydrogens is 300 g/mol. The highest BCUT2D eigenvalue weighted by Crippen LogP contribution is 2.53. The Labute approximate surface area is 131 Å². The molecule has 0 bridgehead atoms. The monoisotopic (exact) mass is 322 g/mol. The average molecular weight is 322 g/mol. The molecule has 0 aliphatic heterocycles. The SMILES string of the molecule is CS(=O)(=O)c1cccc(C2(C(=O)O)CC2)c1C1CCCCC1. The Morgan fingerprint density at radius 1 is 1.18 bits per heavy atom. The van der Waals surface area contributed by atoms with E-state index in [1.165, 1.54) is 12.7 Å².